The summed E-state index contributed by atoms with van der Waals surface area (Å²) in [4.78, 5) is 33.4. The number of carbonyl (C=O) groups excluding carboxylic acids is 1. The fourth-order valence-electron chi connectivity index (χ4n) is 3.76. The van der Waals surface area contributed by atoms with Gasteiger partial charge in [0.15, 0.2) is 0 Å². The van der Waals surface area contributed by atoms with Crippen molar-refractivity contribution >= 4 is 16.7 Å². The molecule has 4 rings (SSSR count). The van der Waals surface area contributed by atoms with E-state index in [1.807, 2.05) is 35.2 Å². The summed E-state index contributed by atoms with van der Waals surface area (Å²) in [7, 11) is 1.70. The zero-order valence-corrected chi connectivity index (χ0v) is 17.0. The highest BCUT2D eigenvalue weighted by atomic mass is 16.5. The summed E-state index contributed by atoms with van der Waals surface area (Å²) in [5.41, 5.74) is 1.93. The predicted molar refractivity (Wildman–Crippen MR) is 114 cm³/mol. The van der Waals surface area contributed by atoms with E-state index in [2.05, 4.69) is 20.1 Å². The lowest BCUT2D eigenvalue weighted by Crippen LogP contribution is -2.49. The van der Waals surface area contributed by atoms with Gasteiger partial charge in [0.25, 0.3) is 11.5 Å². The molecule has 3 aromatic rings. The minimum absolute atomic E-state index is 0.0532. The topological polar surface area (TPSA) is 91.4 Å². The number of hydrogen-bond donors (Lipinski definition) is 1. The largest absolute Gasteiger partial charge is 0.383 e. The van der Waals surface area contributed by atoms with Crippen molar-refractivity contribution in [1.82, 2.24) is 25.0 Å². The molecule has 1 aliphatic heterocycles. The second-order valence-corrected chi connectivity index (χ2v) is 7.40. The fraction of sp³-hybridized carbons (Fsp3) is 0.364. The molecule has 3 heterocycles. The number of methoxy groups -OCH3 is 1. The van der Waals surface area contributed by atoms with Gasteiger partial charge in [-0.1, -0.05) is 18.2 Å². The van der Waals surface area contributed by atoms with Crippen molar-refractivity contribution in [2.24, 2.45) is 0 Å². The van der Waals surface area contributed by atoms with Gasteiger partial charge >= 0.3 is 0 Å². The Balaban J connectivity index is 1.48. The van der Waals surface area contributed by atoms with Crippen LogP contribution in [-0.2, 0) is 11.2 Å². The van der Waals surface area contributed by atoms with E-state index < -0.39 is 0 Å². The van der Waals surface area contributed by atoms with Crippen molar-refractivity contribution in [3.63, 3.8) is 0 Å². The number of aromatic amines is 1. The zero-order chi connectivity index (χ0) is 20.9. The van der Waals surface area contributed by atoms with Gasteiger partial charge in [-0.05, 0) is 23.8 Å². The monoisotopic (exact) mass is 407 g/mol. The highest BCUT2D eigenvalue weighted by Crippen LogP contribution is 2.17. The number of rotatable bonds is 6. The predicted octanol–water partition coefficient (Wildman–Crippen LogP) is 1.31. The lowest BCUT2D eigenvalue weighted by molar-refractivity contribution is 0.0589. The van der Waals surface area contributed by atoms with Crippen LogP contribution < -0.4 is 5.56 Å². The number of piperazine rings is 1. The van der Waals surface area contributed by atoms with E-state index in [0.717, 1.165) is 36.3 Å². The Morgan fingerprint density at radius 2 is 1.90 bits per heavy atom. The summed E-state index contributed by atoms with van der Waals surface area (Å²) in [6.07, 6.45) is 2.16. The van der Waals surface area contributed by atoms with Crippen molar-refractivity contribution in [2.75, 3.05) is 46.4 Å². The first kappa shape index (κ1) is 20.2. The lowest BCUT2D eigenvalue weighted by atomic mass is 10.0. The Labute approximate surface area is 174 Å². The molecule has 0 spiro atoms. The third kappa shape index (κ3) is 4.39. The molecule has 8 nitrogen and oxygen atoms in total. The van der Waals surface area contributed by atoms with E-state index in [4.69, 9.17) is 4.74 Å². The molecule has 1 aliphatic rings. The first-order valence-corrected chi connectivity index (χ1v) is 10.1. The summed E-state index contributed by atoms with van der Waals surface area (Å²) in [5.74, 6) is -0.0532. The Kier molecular flexibility index (Phi) is 6.15. The first-order chi connectivity index (χ1) is 14.7. The number of H-pyrrole nitrogens is 1. The highest BCUT2D eigenvalue weighted by Gasteiger charge is 2.23. The van der Waals surface area contributed by atoms with E-state index in [1.54, 1.807) is 19.4 Å². The normalized spacial score (nSPS) is 14.9. The van der Waals surface area contributed by atoms with Crippen LogP contribution in [0.2, 0.25) is 0 Å². The van der Waals surface area contributed by atoms with Crippen LogP contribution in [0.25, 0.3) is 10.8 Å². The molecule has 1 aromatic carbocycles. The van der Waals surface area contributed by atoms with Gasteiger partial charge in [-0.25, -0.2) is 5.10 Å². The summed E-state index contributed by atoms with van der Waals surface area (Å²) >= 11 is 0. The quantitative estimate of drug-likeness (QED) is 0.663. The van der Waals surface area contributed by atoms with E-state index in [1.165, 1.54) is 0 Å². The lowest BCUT2D eigenvalue weighted by Gasteiger charge is -2.34. The van der Waals surface area contributed by atoms with Crippen molar-refractivity contribution < 1.29 is 9.53 Å². The SMILES string of the molecule is COCCN1CCN(C(=O)c2cc(Cc3n[nH]c(=O)c4ccccc34)ccn2)CC1. The van der Waals surface area contributed by atoms with E-state index in [-0.39, 0.29) is 11.5 Å². The van der Waals surface area contributed by atoms with Gasteiger partial charge in [-0.3, -0.25) is 19.5 Å². The molecule has 8 heteroatoms. The minimum atomic E-state index is -0.204. The number of carbonyl (C=O) groups is 1. The number of amides is 1. The van der Waals surface area contributed by atoms with Crippen LogP contribution in [0.5, 0.6) is 0 Å². The second kappa shape index (κ2) is 9.15. The number of aromatic nitrogens is 3. The molecule has 1 fully saturated rings. The third-order valence-corrected chi connectivity index (χ3v) is 5.46. The van der Waals surface area contributed by atoms with Gasteiger partial charge < -0.3 is 9.64 Å². The molecule has 1 saturated heterocycles. The summed E-state index contributed by atoms with van der Waals surface area (Å²) in [6, 6.07) is 11.1. The zero-order valence-electron chi connectivity index (χ0n) is 17.0. The van der Waals surface area contributed by atoms with Crippen LogP contribution in [0.15, 0.2) is 47.4 Å². The van der Waals surface area contributed by atoms with Gasteiger partial charge in [0.1, 0.15) is 5.69 Å². The van der Waals surface area contributed by atoms with Crippen molar-refractivity contribution in [2.45, 2.75) is 6.42 Å². The molecule has 0 aliphatic carbocycles. The maximum atomic E-state index is 12.9. The molecule has 156 valence electrons. The molecule has 1 N–H and O–H groups in total. The smallest absolute Gasteiger partial charge is 0.272 e. The van der Waals surface area contributed by atoms with E-state index >= 15 is 0 Å². The number of ether oxygens (including phenoxy) is 1. The molecule has 30 heavy (non-hydrogen) atoms. The van der Waals surface area contributed by atoms with Crippen molar-refractivity contribution in [3.05, 3.63) is 69.9 Å². The van der Waals surface area contributed by atoms with Crippen molar-refractivity contribution in [1.29, 1.82) is 0 Å². The maximum absolute atomic E-state index is 12.9. The Bertz CT molecular complexity index is 1090. The Morgan fingerprint density at radius 1 is 1.13 bits per heavy atom. The van der Waals surface area contributed by atoms with Crippen LogP contribution in [0.1, 0.15) is 21.7 Å². The average Bonchev–Trinajstić information content (AvgIpc) is 2.80. The second-order valence-electron chi connectivity index (χ2n) is 7.40. The highest BCUT2D eigenvalue weighted by molar-refractivity contribution is 5.92. The summed E-state index contributed by atoms with van der Waals surface area (Å²) in [6.45, 7) is 4.61. The standard InChI is InChI=1S/C22H25N5O3/c1-30-13-12-26-8-10-27(11-9-26)22(29)20-15-16(6-7-23-20)14-19-17-4-2-3-5-18(17)21(28)25-24-19/h2-7,15H,8-14H2,1H3,(H,25,28). The van der Waals surface area contributed by atoms with Crippen LogP contribution in [-0.4, -0.2) is 77.3 Å². The number of nitrogens with one attached hydrogen (secondary N) is 1. The number of pyridine rings is 1. The average molecular weight is 407 g/mol. The number of nitrogens with zero attached hydrogens (tertiary/aromatic N) is 4. The molecule has 2 aromatic heterocycles. The van der Waals surface area contributed by atoms with E-state index in [9.17, 15) is 9.59 Å². The molecule has 0 atom stereocenters. The minimum Gasteiger partial charge on any atom is -0.383 e. The van der Waals surface area contributed by atoms with Crippen LogP contribution in [0.3, 0.4) is 0 Å². The van der Waals surface area contributed by atoms with Gasteiger partial charge in [0.2, 0.25) is 0 Å². The van der Waals surface area contributed by atoms with Crippen LogP contribution >= 0.6 is 0 Å². The molecule has 0 saturated carbocycles. The summed E-state index contributed by atoms with van der Waals surface area (Å²) in [5, 5.41) is 8.22. The summed E-state index contributed by atoms with van der Waals surface area (Å²) < 4.78 is 5.13. The van der Waals surface area contributed by atoms with Crippen molar-refractivity contribution in [3.8, 4) is 0 Å². The third-order valence-electron chi connectivity index (χ3n) is 5.46. The molecule has 1 amide bonds. The van der Waals surface area contributed by atoms with E-state index in [0.29, 0.717) is 37.2 Å². The Morgan fingerprint density at radius 3 is 2.67 bits per heavy atom. The van der Waals surface area contributed by atoms with Crippen LogP contribution in [0, 0.1) is 0 Å². The molecular weight excluding hydrogens is 382 g/mol. The number of hydrogen-bond acceptors (Lipinski definition) is 6. The van der Waals surface area contributed by atoms with Gasteiger partial charge in [0, 0.05) is 57.8 Å². The fourth-order valence-corrected chi connectivity index (χ4v) is 3.76. The van der Waals surface area contributed by atoms with Gasteiger partial charge in [-0.15, -0.1) is 0 Å². The van der Waals surface area contributed by atoms with Gasteiger partial charge in [-0.2, -0.15) is 5.10 Å². The number of benzene rings is 1. The van der Waals surface area contributed by atoms with Gasteiger partial charge in [0.05, 0.1) is 17.7 Å². The maximum Gasteiger partial charge on any atom is 0.272 e. The first-order valence-electron chi connectivity index (χ1n) is 10.1. The molecule has 0 unspecified atom stereocenters. The molecule has 0 radical (unpaired) electrons. The Hall–Kier alpha value is -3.10. The number of fused-ring (bicyclic) bond motifs is 1. The molecular formula is C22H25N5O3. The van der Waals surface area contributed by atoms with Crippen LogP contribution in [0.4, 0.5) is 0 Å². The molecule has 0 bridgehead atoms.